The third kappa shape index (κ3) is 4.63. The maximum Gasteiger partial charge on any atom is 0.251 e. The Morgan fingerprint density at radius 3 is 2.54 bits per heavy atom. The van der Waals surface area contributed by atoms with Crippen molar-refractivity contribution in [1.82, 2.24) is 5.32 Å². The largest absolute Gasteiger partial charge is 0.374 e. The molecule has 126 valence electrons. The number of nitrogens with one attached hydrogen (secondary N) is 3. The van der Waals surface area contributed by atoms with Crippen LogP contribution in [0.15, 0.2) is 42.5 Å². The molecule has 0 radical (unpaired) electrons. The lowest BCUT2D eigenvalue weighted by Gasteiger charge is -2.16. The summed E-state index contributed by atoms with van der Waals surface area (Å²) in [5, 5.41) is 9.21. The van der Waals surface area contributed by atoms with Gasteiger partial charge in [0.15, 0.2) is 0 Å². The van der Waals surface area contributed by atoms with E-state index in [-0.39, 0.29) is 11.8 Å². The van der Waals surface area contributed by atoms with Crippen molar-refractivity contribution < 1.29 is 9.59 Å². The normalized spacial score (nSPS) is 11.5. The third-order valence-electron chi connectivity index (χ3n) is 3.31. The SMILES string of the molecule is CNC(=O)c1cccc(NC(C)C(=O)Nc2cc(Cl)ccc2Cl)c1. The summed E-state index contributed by atoms with van der Waals surface area (Å²) < 4.78 is 0. The highest BCUT2D eigenvalue weighted by molar-refractivity contribution is 6.35. The maximum atomic E-state index is 12.3. The molecule has 5 nitrogen and oxygen atoms in total. The number of anilines is 2. The standard InChI is InChI=1S/C17H17Cl2N3O2/c1-10(16(23)22-15-9-12(18)6-7-14(15)19)21-13-5-3-4-11(8-13)17(24)20-2/h3-10,21H,1-2H3,(H,20,24)(H,22,23). The van der Waals surface area contributed by atoms with E-state index >= 15 is 0 Å². The highest BCUT2D eigenvalue weighted by atomic mass is 35.5. The van der Waals surface area contributed by atoms with Crippen molar-refractivity contribution in [3.05, 3.63) is 58.1 Å². The summed E-state index contributed by atoms with van der Waals surface area (Å²) in [7, 11) is 1.56. The third-order valence-corrected chi connectivity index (χ3v) is 3.88. The van der Waals surface area contributed by atoms with Crippen molar-refractivity contribution in [3.63, 3.8) is 0 Å². The summed E-state index contributed by atoms with van der Waals surface area (Å²) in [6, 6.07) is 11.2. The fraction of sp³-hybridized carbons (Fsp3) is 0.176. The summed E-state index contributed by atoms with van der Waals surface area (Å²) in [6.07, 6.45) is 0. The summed E-state index contributed by atoms with van der Waals surface area (Å²) in [5.41, 5.74) is 1.62. The van der Waals surface area contributed by atoms with Crippen LogP contribution in [0.3, 0.4) is 0 Å². The number of rotatable bonds is 5. The van der Waals surface area contributed by atoms with Gasteiger partial charge in [0.25, 0.3) is 5.91 Å². The molecule has 24 heavy (non-hydrogen) atoms. The van der Waals surface area contributed by atoms with Gasteiger partial charge in [0, 0.05) is 23.3 Å². The molecule has 2 aromatic rings. The van der Waals surface area contributed by atoms with Crippen LogP contribution in [0.25, 0.3) is 0 Å². The van der Waals surface area contributed by atoms with Crippen LogP contribution in [0.2, 0.25) is 10.0 Å². The first-order valence-corrected chi connectivity index (χ1v) is 8.01. The first kappa shape index (κ1) is 18.1. The molecule has 0 saturated carbocycles. The van der Waals surface area contributed by atoms with Gasteiger partial charge in [-0.25, -0.2) is 0 Å². The number of carbonyl (C=O) groups excluding carboxylic acids is 2. The zero-order valence-corrected chi connectivity index (χ0v) is 14.7. The Hall–Kier alpha value is -2.24. The molecule has 0 heterocycles. The van der Waals surface area contributed by atoms with Crippen molar-refractivity contribution in [3.8, 4) is 0 Å². The molecule has 0 aliphatic heterocycles. The van der Waals surface area contributed by atoms with Gasteiger partial charge in [-0.3, -0.25) is 9.59 Å². The van der Waals surface area contributed by atoms with E-state index in [1.165, 1.54) is 0 Å². The topological polar surface area (TPSA) is 70.2 Å². The minimum Gasteiger partial charge on any atom is -0.374 e. The second-order valence-corrected chi connectivity index (χ2v) is 5.98. The van der Waals surface area contributed by atoms with E-state index in [9.17, 15) is 9.59 Å². The molecule has 1 unspecified atom stereocenters. The smallest absolute Gasteiger partial charge is 0.251 e. The fourth-order valence-electron chi connectivity index (χ4n) is 2.04. The van der Waals surface area contributed by atoms with E-state index in [1.807, 2.05) is 0 Å². The molecule has 0 fully saturated rings. The quantitative estimate of drug-likeness (QED) is 0.754. The Morgan fingerprint density at radius 1 is 1.08 bits per heavy atom. The molecule has 0 aromatic heterocycles. The Balaban J connectivity index is 2.06. The Kier molecular flexibility index (Phi) is 6.06. The molecule has 2 aromatic carbocycles. The highest BCUT2D eigenvalue weighted by Crippen LogP contribution is 2.25. The summed E-state index contributed by atoms with van der Waals surface area (Å²) in [5.74, 6) is -0.467. The second kappa shape index (κ2) is 8.04. The molecule has 0 aliphatic rings. The van der Waals surface area contributed by atoms with E-state index in [0.29, 0.717) is 27.0 Å². The molecule has 3 N–H and O–H groups in total. The molecule has 2 amide bonds. The fourth-order valence-corrected chi connectivity index (χ4v) is 2.38. The molecule has 0 saturated heterocycles. The minimum atomic E-state index is -0.542. The lowest BCUT2D eigenvalue weighted by atomic mass is 10.1. The Morgan fingerprint density at radius 2 is 1.83 bits per heavy atom. The van der Waals surface area contributed by atoms with E-state index in [2.05, 4.69) is 16.0 Å². The number of benzene rings is 2. The number of amides is 2. The first-order valence-electron chi connectivity index (χ1n) is 7.25. The van der Waals surface area contributed by atoms with Crippen molar-refractivity contribution in [2.45, 2.75) is 13.0 Å². The zero-order chi connectivity index (χ0) is 17.7. The van der Waals surface area contributed by atoms with Crippen LogP contribution >= 0.6 is 23.2 Å². The van der Waals surface area contributed by atoms with Gasteiger partial charge in [-0.05, 0) is 43.3 Å². The van der Waals surface area contributed by atoms with E-state index in [1.54, 1.807) is 56.4 Å². The molecule has 0 spiro atoms. The second-order valence-electron chi connectivity index (χ2n) is 5.14. The van der Waals surface area contributed by atoms with E-state index in [4.69, 9.17) is 23.2 Å². The van der Waals surface area contributed by atoms with Crippen LogP contribution in [0.5, 0.6) is 0 Å². The lowest BCUT2D eigenvalue weighted by molar-refractivity contribution is -0.116. The molecule has 0 bridgehead atoms. The van der Waals surface area contributed by atoms with Gasteiger partial charge in [0.1, 0.15) is 6.04 Å². The molecule has 2 rings (SSSR count). The van der Waals surface area contributed by atoms with Crippen LogP contribution < -0.4 is 16.0 Å². The van der Waals surface area contributed by atoms with Crippen LogP contribution in [0.1, 0.15) is 17.3 Å². The maximum absolute atomic E-state index is 12.3. The number of halogens is 2. The van der Waals surface area contributed by atoms with Crippen molar-refractivity contribution in [2.24, 2.45) is 0 Å². The summed E-state index contributed by atoms with van der Waals surface area (Å²) >= 11 is 11.9. The average Bonchev–Trinajstić information content (AvgIpc) is 2.57. The van der Waals surface area contributed by atoms with Crippen molar-refractivity contribution >= 4 is 46.4 Å². The Bertz CT molecular complexity index is 765. The predicted octanol–water partition coefficient (Wildman–Crippen LogP) is 3.79. The van der Waals surface area contributed by atoms with Crippen molar-refractivity contribution in [2.75, 3.05) is 17.7 Å². The summed E-state index contributed by atoms with van der Waals surface area (Å²) in [6.45, 7) is 1.71. The van der Waals surface area contributed by atoms with Crippen LogP contribution in [0.4, 0.5) is 11.4 Å². The van der Waals surface area contributed by atoms with Crippen LogP contribution in [0, 0.1) is 0 Å². The van der Waals surface area contributed by atoms with E-state index in [0.717, 1.165) is 0 Å². The summed E-state index contributed by atoms with van der Waals surface area (Å²) in [4.78, 5) is 24.0. The van der Waals surface area contributed by atoms with Gasteiger partial charge >= 0.3 is 0 Å². The predicted molar refractivity (Wildman–Crippen MR) is 98.0 cm³/mol. The number of hydrogen-bond donors (Lipinski definition) is 3. The molecular formula is C17H17Cl2N3O2. The lowest BCUT2D eigenvalue weighted by Crippen LogP contribution is -2.32. The van der Waals surface area contributed by atoms with Gasteiger partial charge in [0.2, 0.25) is 5.91 Å². The molecule has 7 heteroatoms. The first-order chi connectivity index (χ1) is 11.4. The number of hydrogen-bond acceptors (Lipinski definition) is 3. The van der Waals surface area contributed by atoms with Crippen LogP contribution in [-0.2, 0) is 4.79 Å². The molecular weight excluding hydrogens is 349 g/mol. The van der Waals surface area contributed by atoms with Gasteiger partial charge in [-0.2, -0.15) is 0 Å². The van der Waals surface area contributed by atoms with Gasteiger partial charge < -0.3 is 16.0 Å². The van der Waals surface area contributed by atoms with Gasteiger partial charge in [-0.1, -0.05) is 29.3 Å². The highest BCUT2D eigenvalue weighted by Gasteiger charge is 2.15. The van der Waals surface area contributed by atoms with Crippen molar-refractivity contribution in [1.29, 1.82) is 0 Å². The van der Waals surface area contributed by atoms with Crippen LogP contribution in [-0.4, -0.2) is 24.9 Å². The number of carbonyl (C=O) groups is 2. The Labute approximate surface area is 150 Å². The van der Waals surface area contributed by atoms with Gasteiger partial charge in [0.05, 0.1) is 10.7 Å². The van der Waals surface area contributed by atoms with Gasteiger partial charge in [-0.15, -0.1) is 0 Å². The molecule has 1 atom stereocenters. The average molecular weight is 366 g/mol. The zero-order valence-electron chi connectivity index (χ0n) is 13.2. The van der Waals surface area contributed by atoms with E-state index < -0.39 is 6.04 Å². The monoisotopic (exact) mass is 365 g/mol. The molecule has 0 aliphatic carbocycles. The minimum absolute atomic E-state index is 0.193.